The van der Waals surface area contributed by atoms with E-state index in [1.807, 2.05) is 0 Å². The standard InChI is InChI=1S/C5H16N2O7P2/c6-3-1-2-4(7)5(8,15(9,10)11)16(12,13)14/h4,8H,1-3,6-7H2,(H2,9,10,11)(H2,12,13,14)/t4-/m0/s1. The van der Waals surface area contributed by atoms with Crippen LogP contribution in [-0.4, -0.2) is 42.3 Å². The molecule has 9 N–H and O–H groups in total. The number of rotatable bonds is 6. The van der Waals surface area contributed by atoms with Gasteiger partial charge in [-0.05, 0) is 19.4 Å². The molecule has 0 saturated heterocycles. The van der Waals surface area contributed by atoms with Crippen molar-refractivity contribution in [1.29, 1.82) is 0 Å². The van der Waals surface area contributed by atoms with Gasteiger partial charge in [-0.15, -0.1) is 0 Å². The van der Waals surface area contributed by atoms with E-state index in [2.05, 4.69) is 0 Å². The Hall–Kier alpha value is 0.180. The molecule has 0 spiro atoms. The van der Waals surface area contributed by atoms with Crippen molar-refractivity contribution in [2.45, 2.75) is 24.0 Å². The Bertz CT molecular complexity index is 301. The summed E-state index contributed by atoms with van der Waals surface area (Å²) in [5.74, 6) is 0. The molecule has 98 valence electrons. The third kappa shape index (κ3) is 3.10. The lowest BCUT2D eigenvalue weighted by Crippen LogP contribution is -2.47. The van der Waals surface area contributed by atoms with Crippen LogP contribution in [0.3, 0.4) is 0 Å². The molecule has 0 saturated carbocycles. The number of hydrogen-bond donors (Lipinski definition) is 7. The molecular weight excluding hydrogens is 262 g/mol. The van der Waals surface area contributed by atoms with Crippen molar-refractivity contribution in [3.05, 3.63) is 0 Å². The molecule has 0 fully saturated rings. The van der Waals surface area contributed by atoms with E-state index in [1.54, 1.807) is 0 Å². The first-order chi connectivity index (χ1) is 6.98. The topological polar surface area (TPSA) is 187 Å². The summed E-state index contributed by atoms with van der Waals surface area (Å²) in [4.78, 5) is 35.2. The number of aliphatic hydroxyl groups is 1. The van der Waals surface area contributed by atoms with Crippen LogP contribution in [0.25, 0.3) is 0 Å². The zero-order valence-corrected chi connectivity index (χ0v) is 10.1. The second-order valence-electron chi connectivity index (χ2n) is 3.31. The summed E-state index contributed by atoms with van der Waals surface area (Å²) >= 11 is 0. The second-order valence-corrected chi connectivity index (χ2v) is 7.21. The normalized spacial score (nSPS) is 16.2. The molecule has 0 aliphatic carbocycles. The molecular formula is C5H16N2O7P2. The first-order valence-corrected chi connectivity index (χ1v) is 7.50. The minimum absolute atomic E-state index is 0.117. The van der Waals surface area contributed by atoms with Gasteiger partial charge < -0.3 is 36.1 Å². The van der Waals surface area contributed by atoms with E-state index in [-0.39, 0.29) is 19.4 Å². The SMILES string of the molecule is NCCC[C@H](N)C(O)(P(=O)(O)O)P(=O)(O)O. The summed E-state index contributed by atoms with van der Waals surface area (Å²) in [6.45, 7) is 0.117. The van der Waals surface area contributed by atoms with E-state index in [0.29, 0.717) is 0 Å². The van der Waals surface area contributed by atoms with Gasteiger partial charge in [0.25, 0.3) is 5.08 Å². The molecule has 0 radical (unpaired) electrons. The lowest BCUT2D eigenvalue weighted by molar-refractivity contribution is 0.104. The highest BCUT2D eigenvalue weighted by Crippen LogP contribution is 2.68. The Morgan fingerprint density at radius 3 is 1.75 bits per heavy atom. The van der Waals surface area contributed by atoms with Crippen LogP contribution in [-0.2, 0) is 9.13 Å². The van der Waals surface area contributed by atoms with E-state index >= 15 is 0 Å². The predicted molar refractivity (Wildman–Crippen MR) is 55.3 cm³/mol. The predicted octanol–water partition coefficient (Wildman–Crippen LogP) is -1.95. The van der Waals surface area contributed by atoms with Crippen molar-refractivity contribution in [3.8, 4) is 0 Å². The Morgan fingerprint density at radius 2 is 1.50 bits per heavy atom. The molecule has 0 aliphatic rings. The zero-order chi connectivity index (χ0) is 13.2. The molecule has 1 atom stereocenters. The Kier molecular flexibility index (Phi) is 5.28. The maximum Gasteiger partial charge on any atom is 0.371 e. The molecule has 0 bridgehead atoms. The van der Waals surface area contributed by atoms with Crippen molar-refractivity contribution in [1.82, 2.24) is 0 Å². The van der Waals surface area contributed by atoms with E-state index in [9.17, 15) is 14.2 Å². The van der Waals surface area contributed by atoms with E-state index in [1.165, 1.54) is 0 Å². The van der Waals surface area contributed by atoms with Gasteiger partial charge in [0.2, 0.25) is 0 Å². The van der Waals surface area contributed by atoms with E-state index in [0.717, 1.165) is 0 Å². The van der Waals surface area contributed by atoms with Gasteiger partial charge in [-0.25, -0.2) is 0 Å². The third-order valence-corrected chi connectivity index (χ3v) is 6.02. The zero-order valence-electron chi connectivity index (χ0n) is 8.30. The van der Waals surface area contributed by atoms with Gasteiger partial charge in [-0.1, -0.05) is 0 Å². The first-order valence-electron chi connectivity index (χ1n) is 4.27. The van der Waals surface area contributed by atoms with Crippen LogP contribution in [0.5, 0.6) is 0 Å². The van der Waals surface area contributed by atoms with Crippen LogP contribution in [0, 0.1) is 0 Å². The first kappa shape index (κ1) is 16.2. The van der Waals surface area contributed by atoms with Crippen LogP contribution in [0.4, 0.5) is 0 Å². The second kappa shape index (κ2) is 5.22. The van der Waals surface area contributed by atoms with Gasteiger partial charge in [-0.2, -0.15) is 0 Å². The smallest absolute Gasteiger partial charge is 0.366 e. The molecule has 0 unspecified atom stereocenters. The van der Waals surface area contributed by atoms with Gasteiger partial charge in [0.05, 0.1) is 6.04 Å². The van der Waals surface area contributed by atoms with Crippen LogP contribution in [0.1, 0.15) is 12.8 Å². The Balaban J connectivity index is 5.28. The fourth-order valence-electron chi connectivity index (χ4n) is 1.13. The molecule has 0 aliphatic heterocycles. The summed E-state index contributed by atoms with van der Waals surface area (Å²) in [7, 11) is -11.0. The monoisotopic (exact) mass is 278 g/mol. The molecule has 0 aromatic carbocycles. The van der Waals surface area contributed by atoms with Gasteiger partial charge in [0, 0.05) is 0 Å². The molecule has 16 heavy (non-hydrogen) atoms. The average molecular weight is 278 g/mol. The summed E-state index contributed by atoms with van der Waals surface area (Å²) in [6, 6.07) is -1.77. The van der Waals surface area contributed by atoms with Crippen LogP contribution in [0.2, 0.25) is 0 Å². The Labute approximate surface area is 91.8 Å². The molecule has 0 amide bonds. The van der Waals surface area contributed by atoms with Gasteiger partial charge in [0.1, 0.15) is 0 Å². The molecule has 9 nitrogen and oxygen atoms in total. The van der Waals surface area contributed by atoms with Gasteiger partial charge >= 0.3 is 15.2 Å². The van der Waals surface area contributed by atoms with Crippen molar-refractivity contribution in [2.75, 3.05) is 6.54 Å². The van der Waals surface area contributed by atoms with Crippen LogP contribution >= 0.6 is 15.2 Å². The fraction of sp³-hybridized carbons (Fsp3) is 1.00. The van der Waals surface area contributed by atoms with Crippen molar-refractivity contribution >= 4 is 15.2 Å². The maximum absolute atomic E-state index is 10.9. The summed E-state index contributed by atoms with van der Waals surface area (Å²) in [5.41, 5.74) is 10.3. The quantitative estimate of drug-likeness (QED) is 0.271. The fourth-order valence-corrected chi connectivity index (χ4v) is 3.61. The number of hydrogen-bond acceptors (Lipinski definition) is 5. The largest absolute Gasteiger partial charge is 0.371 e. The van der Waals surface area contributed by atoms with Gasteiger partial charge in [0.15, 0.2) is 0 Å². The van der Waals surface area contributed by atoms with Crippen LogP contribution in [0.15, 0.2) is 0 Å². The maximum atomic E-state index is 10.9. The highest BCUT2D eigenvalue weighted by Gasteiger charge is 2.62. The molecule has 0 rings (SSSR count). The van der Waals surface area contributed by atoms with Crippen molar-refractivity contribution in [3.63, 3.8) is 0 Å². The summed E-state index contributed by atoms with van der Waals surface area (Å²) in [5, 5.41) is 5.93. The van der Waals surface area contributed by atoms with Crippen molar-refractivity contribution in [2.24, 2.45) is 11.5 Å². The molecule has 0 heterocycles. The summed E-state index contributed by atoms with van der Waals surface area (Å²) in [6.07, 6.45) is -0.0489. The lowest BCUT2D eigenvalue weighted by atomic mass is 10.2. The van der Waals surface area contributed by atoms with Crippen molar-refractivity contribution < 1.29 is 33.8 Å². The minimum Gasteiger partial charge on any atom is -0.366 e. The Morgan fingerprint density at radius 1 is 1.12 bits per heavy atom. The molecule has 0 aromatic heterocycles. The number of nitrogens with two attached hydrogens (primary N) is 2. The highest BCUT2D eigenvalue weighted by molar-refractivity contribution is 7.72. The minimum atomic E-state index is -5.48. The highest BCUT2D eigenvalue weighted by atomic mass is 31.2. The average Bonchev–Trinajstić information content (AvgIpc) is 2.08. The lowest BCUT2D eigenvalue weighted by Gasteiger charge is -2.34. The van der Waals surface area contributed by atoms with E-state index < -0.39 is 26.3 Å². The van der Waals surface area contributed by atoms with E-state index in [4.69, 9.17) is 31.0 Å². The van der Waals surface area contributed by atoms with Gasteiger partial charge in [-0.3, -0.25) is 9.13 Å². The third-order valence-electron chi connectivity index (χ3n) is 2.07. The molecule has 0 aromatic rings. The van der Waals surface area contributed by atoms with Crippen LogP contribution < -0.4 is 11.5 Å². The molecule has 11 heteroatoms. The summed E-state index contributed by atoms with van der Waals surface area (Å²) < 4.78 is 21.9.